The van der Waals surface area contributed by atoms with Gasteiger partial charge in [0.15, 0.2) is 0 Å². The summed E-state index contributed by atoms with van der Waals surface area (Å²) in [6.45, 7) is 1.75. The Morgan fingerprint density at radius 2 is 1.92 bits per heavy atom. The van der Waals surface area contributed by atoms with Crippen LogP contribution in [0, 0.1) is 0 Å². The van der Waals surface area contributed by atoms with Gasteiger partial charge in [0.25, 0.3) is 0 Å². The van der Waals surface area contributed by atoms with E-state index < -0.39 is 18.4 Å². The van der Waals surface area contributed by atoms with E-state index in [1.807, 2.05) is 0 Å². The number of hydrogen-bond acceptors (Lipinski definition) is 2. The van der Waals surface area contributed by atoms with Gasteiger partial charge in [-0.2, -0.15) is 0 Å². The van der Waals surface area contributed by atoms with Gasteiger partial charge in [-0.3, -0.25) is 4.79 Å². The van der Waals surface area contributed by atoms with E-state index in [4.69, 9.17) is 10.2 Å². The number of carbonyl (C=O) groups is 2. The van der Waals surface area contributed by atoms with E-state index >= 15 is 0 Å². The summed E-state index contributed by atoms with van der Waals surface area (Å²) < 4.78 is 0. The minimum absolute atomic E-state index is 0. The minimum atomic E-state index is -1.16. The molecule has 0 unspecified atom stereocenters. The molecule has 0 bridgehead atoms. The Morgan fingerprint density at radius 3 is 2.17 bits per heavy atom. The molecule has 0 aliphatic heterocycles. The van der Waals surface area contributed by atoms with Crippen molar-refractivity contribution in [3.05, 3.63) is 11.6 Å². The largest absolute Gasteiger partial charge is 1.00 e. The molecule has 0 saturated carbocycles. The Morgan fingerprint density at radius 1 is 1.42 bits per heavy atom. The fourth-order valence-corrected chi connectivity index (χ4v) is 0.644. The third-order valence-corrected chi connectivity index (χ3v) is 1.07. The number of allylic oxidation sites excluding steroid dienone is 1. The molecule has 2 N–H and O–H groups in total. The molecule has 0 radical (unpaired) electrons. The summed E-state index contributed by atoms with van der Waals surface area (Å²) in [5.41, 5.74) is -0.0556. The molecule has 0 aromatic heterocycles. The summed E-state index contributed by atoms with van der Waals surface area (Å²) in [6, 6.07) is 0. The molecule has 0 saturated heterocycles. The summed E-state index contributed by atoms with van der Waals surface area (Å²) >= 11 is 0. The predicted octanol–water partition coefficient (Wildman–Crippen LogP) is -2.00. The van der Waals surface area contributed by atoms with Crippen LogP contribution < -0.4 is 51.4 Å². The maximum absolute atomic E-state index is 10.3. The molecular weight excluding hydrogens is 187 g/mol. The predicted molar refractivity (Wildman–Crippen MR) is 39.4 cm³/mol. The van der Waals surface area contributed by atoms with Crippen molar-refractivity contribution in [2.45, 2.75) is 19.8 Å². The zero-order valence-electron chi connectivity index (χ0n) is 8.20. The zero-order chi connectivity index (χ0) is 8.85. The summed E-state index contributed by atoms with van der Waals surface area (Å²) in [4.78, 5) is 20.4. The Bertz CT molecular complexity index is 203. The molecule has 0 heterocycles. The van der Waals surface area contributed by atoms with Crippen molar-refractivity contribution in [3.63, 3.8) is 0 Å². The second-order valence-corrected chi connectivity index (χ2v) is 2.01. The molecule has 4 nitrogen and oxygen atoms in total. The molecule has 0 aromatic rings. The number of carboxylic acids is 2. The maximum atomic E-state index is 10.3. The van der Waals surface area contributed by atoms with Gasteiger partial charge in [0.05, 0.1) is 6.42 Å². The van der Waals surface area contributed by atoms with Crippen molar-refractivity contribution in [2.24, 2.45) is 0 Å². The van der Waals surface area contributed by atoms with E-state index in [-0.39, 0.29) is 58.4 Å². The molecule has 0 atom stereocenters. The number of hydrogen-bond donors (Lipinski definition) is 2. The second-order valence-electron chi connectivity index (χ2n) is 2.01. The first kappa shape index (κ1) is 14.8. The average Bonchev–Trinajstić information content (AvgIpc) is 1.86. The van der Waals surface area contributed by atoms with Gasteiger partial charge in [0.1, 0.15) is 0 Å². The molecule has 0 aromatic carbocycles. The minimum Gasteiger partial charge on any atom is -1.00 e. The number of carboxylic acid groups (broad SMARTS) is 2. The third-order valence-electron chi connectivity index (χ3n) is 1.07. The summed E-state index contributed by atoms with van der Waals surface area (Å²) in [5.74, 6) is -2.28. The van der Waals surface area contributed by atoms with Crippen LogP contribution in [0.2, 0.25) is 0 Å². The molecular formula is C7H11KO4. The van der Waals surface area contributed by atoms with Gasteiger partial charge in [-0.15, -0.1) is 0 Å². The van der Waals surface area contributed by atoms with E-state index in [1.165, 1.54) is 6.08 Å². The van der Waals surface area contributed by atoms with Crippen LogP contribution >= 0.6 is 0 Å². The van der Waals surface area contributed by atoms with Crippen molar-refractivity contribution in [1.29, 1.82) is 0 Å². The van der Waals surface area contributed by atoms with Gasteiger partial charge in [-0.1, -0.05) is 13.0 Å². The van der Waals surface area contributed by atoms with Gasteiger partial charge >= 0.3 is 63.3 Å². The molecule has 0 rings (SSSR count). The van der Waals surface area contributed by atoms with E-state index in [0.29, 0.717) is 6.42 Å². The molecule has 0 spiro atoms. The fraction of sp³-hybridized carbons (Fsp3) is 0.429. The third kappa shape index (κ3) is 6.99. The van der Waals surface area contributed by atoms with Crippen LogP contribution in [0.3, 0.4) is 0 Å². The summed E-state index contributed by atoms with van der Waals surface area (Å²) in [7, 11) is 0. The quantitative estimate of drug-likeness (QED) is 0.405. The van der Waals surface area contributed by atoms with Crippen molar-refractivity contribution in [3.8, 4) is 0 Å². The van der Waals surface area contributed by atoms with Crippen LogP contribution in [-0.4, -0.2) is 22.2 Å². The fourth-order valence-electron chi connectivity index (χ4n) is 0.644. The van der Waals surface area contributed by atoms with Gasteiger partial charge < -0.3 is 11.6 Å². The van der Waals surface area contributed by atoms with E-state index in [0.717, 1.165) is 0 Å². The normalized spacial score (nSPS) is 10.2. The summed E-state index contributed by atoms with van der Waals surface area (Å²) in [6.07, 6.45) is 1.52. The van der Waals surface area contributed by atoms with Gasteiger partial charge in [0, 0.05) is 5.57 Å². The van der Waals surface area contributed by atoms with Crippen LogP contribution in [0.25, 0.3) is 0 Å². The molecule has 64 valence electrons. The van der Waals surface area contributed by atoms with Gasteiger partial charge in [0.2, 0.25) is 0 Å². The smallest absolute Gasteiger partial charge is 1.00 e. The van der Waals surface area contributed by atoms with Crippen molar-refractivity contribution in [2.75, 3.05) is 0 Å². The first-order valence-electron chi connectivity index (χ1n) is 3.22. The molecule has 0 aliphatic carbocycles. The molecule has 0 fully saturated rings. The monoisotopic (exact) mass is 198 g/mol. The molecule has 12 heavy (non-hydrogen) atoms. The number of rotatable bonds is 4. The van der Waals surface area contributed by atoms with Crippen LogP contribution in [0.1, 0.15) is 21.2 Å². The van der Waals surface area contributed by atoms with Crippen molar-refractivity contribution >= 4 is 11.9 Å². The first-order chi connectivity index (χ1) is 5.07. The van der Waals surface area contributed by atoms with Crippen LogP contribution in [0.5, 0.6) is 0 Å². The molecule has 0 aliphatic rings. The first-order valence-corrected chi connectivity index (χ1v) is 3.22. The average molecular weight is 198 g/mol. The van der Waals surface area contributed by atoms with E-state index in [2.05, 4.69) is 0 Å². The van der Waals surface area contributed by atoms with Gasteiger partial charge in [-0.05, 0) is 6.42 Å². The molecule has 0 amide bonds. The van der Waals surface area contributed by atoms with Crippen LogP contribution in [-0.2, 0) is 9.59 Å². The second kappa shape index (κ2) is 7.94. The Kier molecular flexibility index (Phi) is 9.81. The molecule has 5 heteroatoms. The van der Waals surface area contributed by atoms with E-state index in [1.54, 1.807) is 6.92 Å². The Balaban J connectivity index is -0.000000500. The zero-order valence-corrected chi connectivity index (χ0v) is 10.3. The summed E-state index contributed by atoms with van der Waals surface area (Å²) in [5, 5.41) is 16.7. The SMILES string of the molecule is CCC=C(CC(=O)O)C(=O)O.[H-].[K+]. The number of aliphatic carboxylic acids is 2. The van der Waals surface area contributed by atoms with Crippen molar-refractivity contribution in [1.82, 2.24) is 0 Å². The van der Waals surface area contributed by atoms with Crippen molar-refractivity contribution < 1.29 is 72.6 Å². The maximum Gasteiger partial charge on any atom is 1.00 e. The van der Waals surface area contributed by atoms with Gasteiger partial charge in [-0.25, -0.2) is 4.79 Å². The Labute approximate surface area is 115 Å². The standard InChI is InChI=1S/C7H10O4.K.H/c1-2-3-5(7(10)11)4-6(8)9;;/h3H,2,4H2,1H3,(H,8,9)(H,10,11);;/q;+1;-1. The topological polar surface area (TPSA) is 74.6 Å². The van der Waals surface area contributed by atoms with E-state index in [9.17, 15) is 9.59 Å². The van der Waals surface area contributed by atoms with Crippen LogP contribution in [0.15, 0.2) is 11.6 Å². The Hall–Kier alpha value is 0.316. The van der Waals surface area contributed by atoms with Crippen LogP contribution in [0.4, 0.5) is 0 Å².